The van der Waals surface area contributed by atoms with Crippen molar-refractivity contribution in [1.29, 1.82) is 0 Å². The molecule has 1 heterocycles. The Labute approximate surface area is 252 Å². The summed E-state index contributed by atoms with van der Waals surface area (Å²) in [7, 11) is -2.95. The van der Waals surface area contributed by atoms with Gasteiger partial charge in [-0.1, -0.05) is 45.4 Å². The molecule has 0 saturated carbocycles. The molecule has 1 aliphatic rings. The van der Waals surface area contributed by atoms with Gasteiger partial charge in [0, 0.05) is 23.0 Å². The molecule has 2 atom stereocenters. The molecule has 15 heteroatoms. The van der Waals surface area contributed by atoms with E-state index >= 15 is 0 Å². The van der Waals surface area contributed by atoms with Gasteiger partial charge in [0.25, 0.3) is 0 Å². The molecule has 2 aromatic rings. The number of amides is 2. The summed E-state index contributed by atoms with van der Waals surface area (Å²) >= 11 is 3.23. The highest BCUT2D eigenvalue weighted by atomic mass is 79.9. The first kappa shape index (κ1) is 32.7. The summed E-state index contributed by atoms with van der Waals surface area (Å²) in [6, 6.07) is 11.3. The molecule has 13 nitrogen and oxygen atoms in total. The zero-order chi connectivity index (χ0) is 31.1. The molecule has 2 amide bonds. The number of nitrogens with two attached hydrogens (primary N) is 1. The average Bonchev–Trinajstić information content (AvgIpc) is 3.38. The van der Waals surface area contributed by atoms with Crippen molar-refractivity contribution in [3.8, 4) is 0 Å². The van der Waals surface area contributed by atoms with Gasteiger partial charge < -0.3 is 25.4 Å². The number of methoxy groups -OCH3 is 1. The van der Waals surface area contributed by atoms with E-state index in [9.17, 15) is 22.8 Å². The van der Waals surface area contributed by atoms with E-state index in [1.807, 2.05) is 0 Å². The molecule has 0 saturated heterocycles. The number of hydrogen-bond donors (Lipinski definition) is 3. The highest BCUT2D eigenvalue weighted by Gasteiger charge is 2.29. The van der Waals surface area contributed by atoms with Crippen LogP contribution in [0.2, 0.25) is 0 Å². The zero-order valence-electron chi connectivity index (χ0n) is 23.4. The maximum Gasteiger partial charge on any atom is 0.436 e. The van der Waals surface area contributed by atoms with Gasteiger partial charge in [0.2, 0.25) is 15.9 Å². The Morgan fingerprint density at radius 3 is 2.38 bits per heavy atom. The van der Waals surface area contributed by atoms with E-state index in [-0.39, 0.29) is 23.7 Å². The van der Waals surface area contributed by atoms with Crippen LogP contribution in [0.4, 0.5) is 4.79 Å². The van der Waals surface area contributed by atoms with Crippen molar-refractivity contribution in [3.63, 3.8) is 0 Å². The topological polar surface area (TPSA) is 188 Å². The largest absolute Gasteiger partial charge is 0.468 e. The molecule has 0 aliphatic carbocycles. The van der Waals surface area contributed by atoms with E-state index in [4.69, 9.17) is 20.0 Å². The maximum atomic E-state index is 12.7. The molecule has 42 heavy (non-hydrogen) atoms. The third-order valence-electron chi connectivity index (χ3n) is 5.68. The second kappa shape index (κ2) is 13.9. The molecular weight excluding hydrogens is 634 g/mol. The van der Waals surface area contributed by atoms with Crippen molar-refractivity contribution in [3.05, 3.63) is 64.1 Å². The molecule has 3 rings (SSSR count). The van der Waals surface area contributed by atoms with Gasteiger partial charge in [-0.3, -0.25) is 9.59 Å². The SMILES string of the molecule is COC(=O)[C@H](CNC(=O)CC1CC(c2ccc(/C(N)=N\C(=O)OC(C)(C)C)cc2)=NO1)NS(=O)(=O)c1ccc(Br)cc1. The number of halogens is 1. The standard InChI is InChI=1S/C27H32BrN5O8S/c1-27(2,3)40-26(36)31-24(29)17-7-5-16(6-8-17)21-13-19(41-32-21)14-23(34)30-15-22(25(35)39-4)33-42(37,38)20-11-9-18(28)10-12-20/h5-12,19,22,33H,13-15H2,1-4H3,(H,30,34)(H2,29,31,36)/t19?,22-/m0/s1. The Hall–Kier alpha value is -3.82. The molecule has 226 valence electrons. The minimum absolute atomic E-state index is 0.000604. The number of ether oxygens (including phenoxy) is 2. The van der Waals surface area contributed by atoms with E-state index in [1.54, 1.807) is 57.2 Å². The number of aliphatic imine (C=N–C) groups is 1. The Morgan fingerprint density at radius 2 is 1.79 bits per heavy atom. The van der Waals surface area contributed by atoms with E-state index in [1.165, 1.54) is 12.1 Å². The van der Waals surface area contributed by atoms with Crippen LogP contribution in [-0.4, -0.2) is 69.3 Å². The van der Waals surface area contributed by atoms with E-state index in [0.717, 1.165) is 12.7 Å². The maximum absolute atomic E-state index is 12.7. The number of amidine groups is 1. The fraction of sp³-hybridized carbons (Fsp3) is 0.370. The molecule has 0 spiro atoms. The first-order valence-corrected chi connectivity index (χ1v) is 15.0. The van der Waals surface area contributed by atoms with Crippen molar-refractivity contribution in [1.82, 2.24) is 10.0 Å². The number of hydrogen-bond acceptors (Lipinski definition) is 9. The highest BCUT2D eigenvalue weighted by Crippen LogP contribution is 2.20. The smallest absolute Gasteiger partial charge is 0.436 e. The van der Waals surface area contributed by atoms with Crippen molar-refractivity contribution in [2.75, 3.05) is 13.7 Å². The van der Waals surface area contributed by atoms with Crippen LogP contribution in [0.25, 0.3) is 0 Å². The van der Waals surface area contributed by atoms with Gasteiger partial charge in [-0.15, -0.1) is 0 Å². The monoisotopic (exact) mass is 665 g/mol. The van der Waals surface area contributed by atoms with Crippen molar-refractivity contribution in [2.45, 2.75) is 56.3 Å². The van der Waals surface area contributed by atoms with Gasteiger partial charge in [0.15, 0.2) is 0 Å². The lowest BCUT2D eigenvalue weighted by Gasteiger charge is -2.18. The van der Waals surface area contributed by atoms with E-state index in [0.29, 0.717) is 22.2 Å². The number of rotatable bonds is 10. The van der Waals surface area contributed by atoms with Crippen LogP contribution in [0, 0.1) is 0 Å². The first-order chi connectivity index (χ1) is 19.7. The fourth-order valence-electron chi connectivity index (χ4n) is 3.67. The van der Waals surface area contributed by atoms with Crippen molar-refractivity contribution >= 4 is 55.5 Å². The van der Waals surface area contributed by atoms with Gasteiger partial charge >= 0.3 is 12.1 Å². The summed E-state index contributed by atoms with van der Waals surface area (Å²) in [5, 5.41) is 6.60. The van der Waals surface area contributed by atoms with Gasteiger partial charge in [0.1, 0.15) is 23.6 Å². The molecule has 0 aromatic heterocycles. The van der Waals surface area contributed by atoms with Crippen molar-refractivity contribution in [2.24, 2.45) is 15.9 Å². The molecule has 2 aromatic carbocycles. The normalized spacial score (nSPS) is 16.2. The van der Waals surface area contributed by atoms with Crippen molar-refractivity contribution < 1.29 is 37.1 Å². The summed E-state index contributed by atoms with van der Waals surface area (Å²) < 4.78 is 38.2. The van der Waals surface area contributed by atoms with Crippen LogP contribution in [0.15, 0.2) is 68.0 Å². The number of nitrogens with zero attached hydrogens (tertiary/aromatic N) is 2. The predicted molar refractivity (Wildman–Crippen MR) is 157 cm³/mol. The highest BCUT2D eigenvalue weighted by molar-refractivity contribution is 9.10. The molecule has 0 bridgehead atoms. The number of benzene rings is 2. The minimum atomic E-state index is -4.07. The Kier molecular flexibility index (Phi) is 10.8. The number of oxime groups is 1. The van der Waals surface area contributed by atoms with Crippen LogP contribution >= 0.6 is 15.9 Å². The second-order valence-electron chi connectivity index (χ2n) is 10.2. The number of esters is 1. The summed E-state index contributed by atoms with van der Waals surface area (Å²) in [5.41, 5.74) is 7.05. The average molecular weight is 667 g/mol. The van der Waals surface area contributed by atoms with E-state index in [2.05, 4.69) is 36.1 Å². The summed E-state index contributed by atoms with van der Waals surface area (Å²) in [6.07, 6.45) is -1.13. The second-order valence-corrected chi connectivity index (χ2v) is 12.8. The van der Waals surface area contributed by atoms with Gasteiger partial charge in [-0.2, -0.15) is 9.71 Å². The Balaban J connectivity index is 1.53. The van der Waals surface area contributed by atoms with Crippen LogP contribution in [0.5, 0.6) is 0 Å². The molecule has 1 unspecified atom stereocenters. The van der Waals surface area contributed by atoms with Gasteiger partial charge in [0.05, 0.1) is 24.1 Å². The van der Waals surface area contributed by atoms with Crippen LogP contribution in [-0.2, 0) is 33.9 Å². The quantitative estimate of drug-likeness (QED) is 0.195. The van der Waals surface area contributed by atoms with Crippen LogP contribution in [0.3, 0.4) is 0 Å². The number of nitrogens with one attached hydrogen (secondary N) is 2. The lowest BCUT2D eigenvalue weighted by Crippen LogP contribution is -2.49. The number of sulfonamides is 1. The minimum Gasteiger partial charge on any atom is -0.468 e. The summed E-state index contributed by atoms with van der Waals surface area (Å²) in [5.74, 6) is -1.34. The van der Waals surface area contributed by atoms with Crippen LogP contribution in [0.1, 0.15) is 44.7 Å². The number of carbonyl (C=O) groups excluding carboxylic acids is 3. The summed E-state index contributed by atoms with van der Waals surface area (Å²) in [4.78, 5) is 45.8. The fourth-order valence-corrected chi connectivity index (χ4v) is 5.12. The third kappa shape index (κ3) is 9.63. The molecular formula is C27H32BrN5O8S. The first-order valence-electron chi connectivity index (χ1n) is 12.7. The Bertz CT molecular complexity index is 1470. The zero-order valence-corrected chi connectivity index (χ0v) is 25.8. The van der Waals surface area contributed by atoms with Crippen LogP contribution < -0.4 is 15.8 Å². The lowest BCUT2D eigenvalue weighted by atomic mass is 10.0. The molecule has 4 N–H and O–H groups in total. The van der Waals surface area contributed by atoms with Gasteiger partial charge in [-0.05, 0) is 50.6 Å². The van der Waals surface area contributed by atoms with E-state index < -0.39 is 45.7 Å². The molecule has 0 fully saturated rings. The molecule has 0 radical (unpaired) electrons. The predicted octanol–water partition coefficient (Wildman–Crippen LogP) is 2.61. The Morgan fingerprint density at radius 1 is 1.14 bits per heavy atom. The third-order valence-corrected chi connectivity index (χ3v) is 7.69. The van der Waals surface area contributed by atoms with Gasteiger partial charge in [-0.25, -0.2) is 13.2 Å². The lowest BCUT2D eigenvalue weighted by molar-refractivity contribution is -0.142. The molecule has 1 aliphatic heterocycles. The number of carbonyl (C=O) groups is 3. The summed E-state index contributed by atoms with van der Waals surface area (Å²) in [6.45, 7) is 4.84.